The Kier molecular flexibility index (Phi) is 5.56. The van der Waals surface area contributed by atoms with Gasteiger partial charge in [0.25, 0.3) is 0 Å². The zero-order valence-electron chi connectivity index (χ0n) is 15.1. The molecule has 1 fully saturated rings. The summed E-state index contributed by atoms with van der Waals surface area (Å²) in [6.07, 6.45) is 1.89. The van der Waals surface area contributed by atoms with E-state index in [9.17, 15) is 20.1 Å². The second-order valence-electron chi connectivity index (χ2n) is 7.19. The minimum Gasteiger partial charge on any atom is -0.544 e. The number of imidazole rings is 1. The molecule has 11 heteroatoms. The summed E-state index contributed by atoms with van der Waals surface area (Å²) in [5, 5.41) is 31.8. The number of hydrogen-bond donors (Lipinski definition) is 4. The number of nitrogens with zero attached hydrogens (tertiary/aromatic N) is 5. The maximum Gasteiger partial charge on any atom is 0.165 e. The van der Waals surface area contributed by atoms with E-state index in [-0.39, 0.29) is 17.8 Å². The number of aromatic nitrogens is 4. The molecule has 1 aliphatic rings. The maximum atomic E-state index is 10.8. The van der Waals surface area contributed by atoms with Crippen molar-refractivity contribution in [2.45, 2.75) is 37.1 Å². The van der Waals surface area contributed by atoms with Gasteiger partial charge >= 0.3 is 0 Å². The molecule has 2 heterocycles. The van der Waals surface area contributed by atoms with E-state index in [0.29, 0.717) is 37.1 Å². The van der Waals surface area contributed by atoms with Crippen LogP contribution in [0, 0.1) is 5.92 Å². The number of nitrogen functional groups attached to an aromatic ring is 1. The highest BCUT2D eigenvalue weighted by molar-refractivity contribution is 5.81. The lowest BCUT2D eigenvalue weighted by Crippen LogP contribution is -2.68. The predicted octanol–water partition coefficient (Wildman–Crippen LogP) is -3.63. The van der Waals surface area contributed by atoms with E-state index in [4.69, 9.17) is 5.73 Å². The second kappa shape index (κ2) is 7.72. The van der Waals surface area contributed by atoms with Crippen LogP contribution in [0.5, 0.6) is 0 Å². The zero-order chi connectivity index (χ0) is 19.7. The number of carboxylic acids is 1. The summed E-state index contributed by atoms with van der Waals surface area (Å²) >= 11 is 0. The third kappa shape index (κ3) is 3.86. The van der Waals surface area contributed by atoms with Crippen molar-refractivity contribution in [3.63, 3.8) is 0 Å². The molecular formula is C16H25N7O4. The van der Waals surface area contributed by atoms with Gasteiger partial charge in [-0.15, -0.1) is 0 Å². The predicted molar refractivity (Wildman–Crippen MR) is 92.7 cm³/mol. The van der Waals surface area contributed by atoms with Gasteiger partial charge in [-0.05, 0) is 13.5 Å². The molecule has 7 N–H and O–H groups in total. The summed E-state index contributed by atoms with van der Waals surface area (Å²) in [6, 6.07) is -1.16. The highest BCUT2D eigenvalue weighted by Gasteiger charge is 2.43. The van der Waals surface area contributed by atoms with Crippen LogP contribution < -0.4 is 16.6 Å². The van der Waals surface area contributed by atoms with E-state index >= 15 is 0 Å². The first-order chi connectivity index (χ1) is 12.8. The summed E-state index contributed by atoms with van der Waals surface area (Å²) in [6.45, 7) is 1.02. The molecule has 0 amide bonds. The average molecular weight is 379 g/mol. The number of nitrogens with two attached hydrogens (primary N) is 1. The number of carbonyl (C=O) groups is 1. The number of aliphatic hydroxyl groups excluding tert-OH is 2. The first-order valence-electron chi connectivity index (χ1n) is 8.81. The molecule has 1 saturated carbocycles. The number of carboxylic acid groups (broad SMARTS) is 1. The Bertz CT molecular complexity index is 813. The van der Waals surface area contributed by atoms with Crippen LogP contribution in [0.2, 0.25) is 0 Å². The lowest BCUT2D eigenvalue weighted by atomic mass is 10.0. The molecule has 0 unspecified atom stereocenters. The third-order valence-corrected chi connectivity index (χ3v) is 5.25. The van der Waals surface area contributed by atoms with Crippen molar-refractivity contribution >= 4 is 23.0 Å². The van der Waals surface area contributed by atoms with Crippen molar-refractivity contribution in [2.75, 3.05) is 25.9 Å². The third-order valence-electron chi connectivity index (χ3n) is 5.25. The maximum absolute atomic E-state index is 10.8. The molecule has 0 bridgehead atoms. The molecule has 2 aromatic heterocycles. The molecule has 0 spiro atoms. The first kappa shape index (κ1) is 19.4. The van der Waals surface area contributed by atoms with Gasteiger partial charge in [0.05, 0.1) is 24.4 Å². The minimum atomic E-state index is -1.17. The number of carbonyl (C=O) groups excluding carboxylic acids is 1. The highest BCUT2D eigenvalue weighted by atomic mass is 16.4. The Labute approximate surface area is 155 Å². The van der Waals surface area contributed by atoms with E-state index in [1.807, 2.05) is 11.9 Å². The fourth-order valence-electron chi connectivity index (χ4n) is 3.65. The molecule has 148 valence electrons. The van der Waals surface area contributed by atoms with E-state index in [1.165, 1.54) is 6.33 Å². The summed E-state index contributed by atoms with van der Waals surface area (Å²) in [5.74, 6) is -1.09. The molecule has 0 aromatic carbocycles. The van der Waals surface area contributed by atoms with Gasteiger partial charge in [-0.25, -0.2) is 15.0 Å². The lowest BCUT2D eigenvalue weighted by molar-refractivity contribution is -0.438. The van der Waals surface area contributed by atoms with E-state index < -0.39 is 24.2 Å². The fraction of sp³-hybridized carbons (Fsp3) is 0.625. The van der Waals surface area contributed by atoms with Crippen molar-refractivity contribution in [3.8, 4) is 0 Å². The van der Waals surface area contributed by atoms with Crippen molar-refractivity contribution in [3.05, 3.63) is 12.7 Å². The topological polar surface area (TPSA) is 181 Å². The molecule has 5 atom stereocenters. The molecule has 3 rings (SSSR count). The Morgan fingerprint density at radius 2 is 2.19 bits per heavy atom. The molecule has 0 aliphatic heterocycles. The second-order valence-corrected chi connectivity index (χ2v) is 7.19. The van der Waals surface area contributed by atoms with Crippen molar-refractivity contribution in [1.29, 1.82) is 0 Å². The van der Waals surface area contributed by atoms with Crippen molar-refractivity contribution in [1.82, 2.24) is 24.4 Å². The van der Waals surface area contributed by atoms with Gasteiger partial charge in [-0.1, -0.05) is 0 Å². The first-order valence-corrected chi connectivity index (χ1v) is 8.81. The normalized spacial score (nSPS) is 26.7. The number of aliphatic hydroxyl groups is 2. The van der Waals surface area contributed by atoms with Crippen LogP contribution in [-0.2, 0) is 4.79 Å². The van der Waals surface area contributed by atoms with Gasteiger partial charge in [-0.3, -0.25) is 0 Å². The SMILES string of the molecule is CN(CC[C@H]([NH3+])C(=O)[O-])C[C@H]1C[C@@H](n2cnc3c(N)ncnc32)[C@H](O)[C@@H]1O. The smallest absolute Gasteiger partial charge is 0.165 e. The zero-order valence-corrected chi connectivity index (χ0v) is 15.1. The number of aliphatic carboxylic acids is 1. The standard InChI is InChI=1S/C16H25N7O4/c1-22(3-2-9(17)16(26)27)5-8-4-10(13(25)12(8)24)23-7-21-11-14(18)19-6-20-15(11)23/h6-10,12-13,24-25H,2-5,17H2,1H3,(H,26,27)(H2,18,19,20)/t8-,9+,10-,12-,13+/m1/s1. The quantitative estimate of drug-likeness (QED) is 0.377. The largest absolute Gasteiger partial charge is 0.544 e. The van der Waals surface area contributed by atoms with E-state index in [1.54, 1.807) is 10.9 Å². The Hall–Kier alpha value is -2.34. The Balaban J connectivity index is 1.68. The summed E-state index contributed by atoms with van der Waals surface area (Å²) in [4.78, 5) is 25.0. The summed E-state index contributed by atoms with van der Waals surface area (Å²) in [7, 11) is 1.84. The summed E-state index contributed by atoms with van der Waals surface area (Å²) in [5.41, 5.74) is 10.3. The molecular weight excluding hydrogens is 354 g/mol. The van der Waals surface area contributed by atoms with Crippen molar-refractivity contribution < 1.29 is 25.8 Å². The van der Waals surface area contributed by atoms with Gasteiger partial charge in [0.15, 0.2) is 11.5 Å². The number of rotatable bonds is 7. The molecule has 11 nitrogen and oxygen atoms in total. The van der Waals surface area contributed by atoms with Crippen LogP contribution in [0.25, 0.3) is 11.2 Å². The molecule has 1 aliphatic carbocycles. The van der Waals surface area contributed by atoms with Gasteiger partial charge < -0.3 is 41.0 Å². The van der Waals surface area contributed by atoms with Gasteiger partial charge in [0, 0.05) is 25.4 Å². The molecule has 2 aromatic rings. The average Bonchev–Trinajstić information content (AvgIpc) is 3.17. The molecule has 0 saturated heterocycles. The number of hydrogen-bond acceptors (Lipinski definition) is 9. The van der Waals surface area contributed by atoms with Crippen molar-refractivity contribution in [2.24, 2.45) is 5.92 Å². The van der Waals surface area contributed by atoms with Crippen LogP contribution in [0.3, 0.4) is 0 Å². The fourth-order valence-corrected chi connectivity index (χ4v) is 3.65. The monoisotopic (exact) mass is 379 g/mol. The number of quaternary nitrogens is 1. The van der Waals surface area contributed by atoms with E-state index in [0.717, 1.165) is 0 Å². The molecule has 0 radical (unpaired) electrons. The van der Waals surface area contributed by atoms with Crippen LogP contribution in [-0.4, -0.2) is 79.0 Å². The van der Waals surface area contributed by atoms with Gasteiger partial charge in [0.1, 0.15) is 24.0 Å². The van der Waals surface area contributed by atoms with E-state index in [2.05, 4.69) is 20.7 Å². The minimum absolute atomic E-state index is 0.183. The number of fused-ring (bicyclic) bond motifs is 1. The Morgan fingerprint density at radius 1 is 1.44 bits per heavy atom. The van der Waals surface area contributed by atoms with Crippen LogP contribution in [0.15, 0.2) is 12.7 Å². The van der Waals surface area contributed by atoms with Crippen LogP contribution >= 0.6 is 0 Å². The number of anilines is 1. The van der Waals surface area contributed by atoms with Crippen LogP contribution in [0.4, 0.5) is 5.82 Å². The lowest BCUT2D eigenvalue weighted by Gasteiger charge is -2.24. The Morgan fingerprint density at radius 3 is 2.89 bits per heavy atom. The molecule has 27 heavy (non-hydrogen) atoms. The van der Waals surface area contributed by atoms with Gasteiger partial charge in [0.2, 0.25) is 0 Å². The van der Waals surface area contributed by atoms with Crippen LogP contribution in [0.1, 0.15) is 18.9 Å². The van der Waals surface area contributed by atoms with Gasteiger partial charge in [-0.2, -0.15) is 0 Å². The summed E-state index contributed by atoms with van der Waals surface area (Å²) < 4.78 is 1.73. The highest BCUT2D eigenvalue weighted by Crippen LogP contribution is 2.37.